The Morgan fingerprint density at radius 3 is 2.54 bits per heavy atom. The van der Waals surface area contributed by atoms with Crippen molar-refractivity contribution in [3.8, 4) is 0 Å². The Morgan fingerprint density at radius 2 is 1.96 bits per heavy atom. The van der Waals surface area contributed by atoms with E-state index >= 15 is 0 Å². The second-order valence-electron chi connectivity index (χ2n) is 6.70. The van der Waals surface area contributed by atoms with Crippen molar-refractivity contribution in [2.24, 2.45) is 10.9 Å². The number of rotatable bonds is 8. The van der Waals surface area contributed by atoms with Crippen molar-refractivity contribution in [2.45, 2.75) is 32.7 Å². The van der Waals surface area contributed by atoms with Gasteiger partial charge in [0.1, 0.15) is 6.61 Å². The normalized spacial score (nSPS) is 17.3. The summed E-state index contributed by atoms with van der Waals surface area (Å²) in [4.78, 5) is 6.77. The molecule has 1 unspecified atom stereocenters. The molecule has 1 fully saturated rings. The van der Waals surface area contributed by atoms with Crippen LogP contribution in [0.15, 0.2) is 29.3 Å². The van der Waals surface area contributed by atoms with Gasteiger partial charge >= 0.3 is 6.18 Å². The van der Waals surface area contributed by atoms with Crippen molar-refractivity contribution in [1.82, 2.24) is 10.2 Å². The highest BCUT2D eigenvalue weighted by Crippen LogP contribution is 2.16. The van der Waals surface area contributed by atoms with Gasteiger partial charge in [0.2, 0.25) is 0 Å². The zero-order valence-electron chi connectivity index (χ0n) is 16.3. The maximum Gasteiger partial charge on any atom is 0.411 e. The second kappa shape index (κ2) is 12.5. The summed E-state index contributed by atoms with van der Waals surface area (Å²) >= 11 is 0. The number of hydrogen-bond acceptors (Lipinski definition) is 3. The van der Waals surface area contributed by atoms with Gasteiger partial charge in [0.05, 0.1) is 19.8 Å². The minimum atomic E-state index is -4.30. The third-order valence-electron chi connectivity index (χ3n) is 4.22. The molecule has 0 spiro atoms. The molecule has 1 atom stereocenters. The van der Waals surface area contributed by atoms with Crippen LogP contribution in [0.1, 0.15) is 24.5 Å². The molecule has 0 bridgehead atoms. The van der Waals surface area contributed by atoms with Gasteiger partial charge < -0.3 is 19.7 Å². The molecule has 160 valence electrons. The number of guanidine groups is 1. The van der Waals surface area contributed by atoms with Crippen LogP contribution in [0.5, 0.6) is 0 Å². The summed E-state index contributed by atoms with van der Waals surface area (Å²) in [5.41, 5.74) is 1.69. The molecule has 5 nitrogen and oxygen atoms in total. The van der Waals surface area contributed by atoms with Crippen LogP contribution in [0.2, 0.25) is 0 Å². The SMILES string of the molecule is CCNC(=NCc1ccc(COCC(F)(F)F)cc1)N(C)CC1CCOC1.I. The van der Waals surface area contributed by atoms with Gasteiger partial charge in [0.25, 0.3) is 0 Å². The van der Waals surface area contributed by atoms with Gasteiger partial charge in [-0.1, -0.05) is 24.3 Å². The molecule has 0 aliphatic carbocycles. The van der Waals surface area contributed by atoms with Crippen LogP contribution in [0.25, 0.3) is 0 Å². The van der Waals surface area contributed by atoms with E-state index in [1.807, 2.05) is 26.1 Å². The molecular weight excluding hydrogens is 486 g/mol. The summed E-state index contributed by atoms with van der Waals surface area (Å²) in [5, 5.41) is 3.29. The molecule has 1 saturated heterocycles. The first kappa shape index (κ1) is 25.0. The first-order valence-corrected chi connectivity index (χ1v) is 9.17. The first-order chi connectivity index (χ1) is 12.9. The van der Waals surface area contributed by atoms with Crippen LogP contribution >= 0.6 is 24.0 Å². The number of nitrogens with one attached hydrogen (secondary N) is 1. The van der Waals surface area contributed by atoms with E-state index < -0.39 is 12.8 Å². The number of hydrogen-bond donors (Lipinski definition) is 1. The van der Waals surface area contributed by atoms with Crippen LogP contribution in [0.3, 0.4) is 0 Å². The Hall–Kier alpha value is -1.07. The number of nitrogens with zero attached hydrogens (tertiary/aromatic N) is 2. The van der Waals surface area contributed by atoms with Gasteiger partial charge in [0.15, 0.2) is 5.96 Å². The van der Waals surface area contributed by atoms with Crippen molar-refractivity contribution in [3.63, 3.8) is 0 Å². The van der Waals surface area contributed by atoms with Crippen LogP contribution in [0, 0.1) is 5.92 Å². The Morgan fingerprint density at radius 1 is 1.29 bits per heavy atom. The molecule has 1 N–H and O–H groups in total. The predicted octanol–water partition coefficient (Wildman–Crippen LogP) is 3.82. The third-order valence-corrected chi connectivity index (χ3v) is 4.22. The van der Waals surface area contributed by atoms with E-state index in [4.69, 9.17) is 4.74 Å². The summed E-state index contributed by atoms with van der Waals surface area (Å²) in [6.45, 7) is 4.52. The van der Waals surface area contributed by atoms with E-state index in [-0.39, 0.29) is 30.6 Å². The van der Waals surface area contributed by atoms with Crippen LogP contribution in [-0.4, -0.2) is 57.0 Å². The lowest BCUT2D eigenvalue weighted by Gasteiger charge is -2.24. The topological polar surface area (TPSA) is 46.1 Å². The third kappa shape index (κ3) is 9.42. The van der Waals surface area contributed by atoms with Crippen LogP contribution in [0.4, 0.5) is 13.2 Å². The lowest BCUT2D eigenvalue weighted by Crippen LogP contribution is -2.41. The molecule has 1 aromatic carbocycles. The smallest absolute Gasteiger partial charge is 0.381 e. The van der Waals surface area contributed by atoms with Gasteiger partial charge in [-0.3, -0.25) is 0 Å². The molecule has 0 saturated carbocycles. The van der Waals surface area contributed by atoms with E-state index in [0.29, 0.717) is 18.0 Å². The number of ether oxygens (including phenoxy) is 2. The molecule has 0 aromatic heterocycles. The average Bonchev–Trinajstić information content (AvgIpc) is 3.11. The maximum atomic E-state index is 12.1. The van der Waals surface area contributed by atoms with Crippen molar-refractivity contribution in [2.75, 3.05) is 40.0 Å². The Bertz CT molecular complexity index is 591. The van der Waals surface area contributed by atoms with Gasteiger partial charge in [-0.15, -0.1) is 24.0 Å². The van der Waals surface area contributed by atoms with Gasteiger partial charge in [-0.25, -0.2) is 4.99 Å². The Balaban J connectivity index is 0.00000392. The molecule has 2 rings (SSSR count). The van der Waals surface area contributed by atoms with E-state index in [1.54, 1.807) is 12.1 Å². The van der Waals surface area contributed by atoms with E-state index in [2.05, 4.69) is 19.9 Å². The highest BCUT2D eigenvalue weighted by molar-refractivity contribution is 14.0. The van der Waals surface area contributed by atoms with E-state index in [1.165, 1.54) is 0 Å². The zero-order chi connectivity index (χ0) is 19.7. The molecule has 1 aromatic rings. The van der Waals surface area contributed by atoms with Crippen molar-refractivity contribution in [1.29, 1.82) is 0 Å². The number of halogens is 4. The quantitative estimate of drug-likeness (QED) is 0.325. The van der Waals surface area contributed by atoms with Crippen LogP contribution in [-0.2, 0) is 22.6 Å². The maximum absolute atomic E-state index is 12.1. The molecule has 0 radical (unpaired) electrons. The lowest BCUT2D eigenvalue weighted by atomic mass is 10.1. The van der Waals surface area contributed by atoms with E-state index in [9.17, 15) is 13.2 Å². The monoisotopic (exact) mass is 515 g/mol. The highest BCUT2D eigenvalue weighted by atomic mass is 127. The predicted molar refractivity (Wildman–Crippen MR) is 114 cm³/mol. The number of benzene rings is 1. The molecule has 9 heteroatoms. The second-order valence-corrected chi connectivity index (χ2v) is 6.70. The standard InChI is InChI=1S/C19H28F3N3O2.HI/c1-3-23-18(25(2)11-17-8-9-26-13-17)24-10-15-4-6-16(7-5-15)12-27-14-19(20,21)22;/h4-7,17H,3,8-14H2,1-2H3,(H,23,24);1H. The Kier molecular flexibility index (Phi) is 11.1. The fraction of sp³-hybridized carbons (Fsp3) is 0.632. The lowest BCUT2D eigenvalue weighted by molar-refractivity contribution is -0.176. The van der Waals surface area contributed by atoms with Gasteiger partial charge in [-0.2, -0.15) is 13.2 Å². The number of aliphatic imine (C=N–C) groups is 1. The molecule has 1 aliphatic heterocycles. The molecular formula is C19H29F3IN3O2. The summed E-state index contributed by atoms with van der Waals surface area (Å²) < 4.78 is 46.4. The minimum Gasteiger partial charge on any atom is -0.381 e. The average molecular weight is 515 g/mol. The molecule has 1 aliphatic rings. The largest absolute Gasteiger partial charge is 0.411 e. The van der Waals surface area contributed by atoms with Crippen molar-refractivity contribution < 1.29 is 22.6 Å². The fourth-order valence-electron chi connectivity index (χ4n) is 2.86. The fourth-order valence-corrected chi connectivity index (χ4v) is 2.86. The summed E-state index contributed by atoms with van der Waals surface area (Å²) in [7, 11) is 2.01. The van der Waals surface area contributed by atoms with Crippen LogP contribution < -0.4 is 5.32 Å². The summed E-state index contributed by atoms with van der Waals surface area (Å²) in [6.07, 6.45) is -3.23. The summed E-state index contributed by atoms with van der Waals surface area (Å²) in [5.74, 6) is 1.36. The first-order valence-electron chi connectivity index (χ1n) is 9.17. The van der Waals surface area contributed by atoms with Gasteiger partial charge in [-0.05, 0) is 24.5 Å². The zero-order valence-corrected chi connectivity index (χ0v) is 18.6. The molecule has 0 amide bonds. The minimum absolute atomic E-state index is 0. The summed E-state index contributed by atoms with van der Waals surface area (Å²) in [6, 6.07) is 7.27. The number of alkyl halides is 3. The van der Waals surface area contributed by atoms with E-state index in [0.717, 1.165) is 44.2 Å². The molecule has 28 heavy (non-hydrogen) atoms. The van der Waals surface area contributed by atoms with Crippen molar-refractivity contribution in [3.05, 3.63) is 35.4 Å². The van der Waals surface area contributed by atoms with Gasteiger partial charge in [0, 0.05) is 32.7 Å². The Labute approximate surface area is 181 Å². The highest BCUT2D eigenvalue weighted by Gasteiger charge is 2.27. The molecule has 1 heterocycles. The van der Waals surface area contributed by atoms with Crippen molar-refractivity contribution >= 4 is 29.9 Å².